The number of hydrogen-bond donors (Lipinski definition) is 1. The first kappa shape index (κ1) is 11.7. The molecule has 3 aromatic rings. The second-order valence-electron chi connectivity index (χ2n) is 3.94. The van der Waals surface area contributed by atoms with Crippen molar-refractivity contribution in [2.24, 2.45) is 0 Å². The van der Waals surface area contributed by atoms with E-state index in [2.05, 4.69) is 4.98 Å². The van der Waals surface area contributed by atoms with Gasteiger partial charge in [0.15, 0.2) is 5.43 Å². The molecule has 19 heavy (non-hydrogen) atoms. The van der Waals surface area contributed by atoms with Gasteiger partial charge < -0.3 is 9.52 Å². The van der Waals surface area contributed by atoms with Gasteiger partial charge in [0.05, 0.1) is 10.9 Å². The Balaban J connectivity index is 2.55. The molecule has 0 saturated carbocycles. The molecule has 0 amide bonds. The third-order valence-electron chi connectivity index (χ3n) is 2.73. The fourth-order valence-electron chi connectivity index (χ4n) is 1.87. The quantitative estimate of drug-likeness (QED) is 0.691. The summed E-state index contributed by atoms with van der Waals surface area (Å²) in [6, 6.07) is 5.84. The van der Waals surface area contributed by atoms with Crippen molar-refractivity contribution in [2.45, 2.75) is 0 Å². The smallest absolute Gasteiger partial charge is 0.371 e. The SMILES string of the molecule is O=C(O)c1cc(=O)c2cnc3ccc(Cl)cc3c2o1. The minimum Gasteiger partial charge on any atom is -0.475 e. The third kappa shape index (κ3) is 1.84. The van der Waals surface area contributed by atoms with E-state index in [-0.39, 0.29) is 11.0 Å². The molecule has 0 saturated heterocycles. The molecule has 3 rings (SSSR count). The van der Waals surface area contributed by atoms with Crippen molar-refractivity contribution >= 4 is 39.4 Å². The molecule has 0 unspecified atom stereocenters. The van der Waals surface area contributed by atoms with Crippen molar-refractivity contribution < 1.29 is 14.3 Å². The third-order valence-corrected chi connectivity index (χ3v) is 2.97. The molecule has 0 aliphatic carbocycles. The van der Waals surface area contributed by atoms with Crippen LogP contribution in [0, 0.1) is 0 Å². The lowest BCUT2D eigenvalue weighted by Crippen LogP contribution is -2.06. The van der Waals surface area contributed by atoms with Gasteiger partial charge in [0, 0.05) is 22.7 Å². The van der Waals surface area contributed by atoms with Gasteiger partial charge in [-0.1, -0.05) is 11.6 Å². The summed E-state index contributed by atoms with van der Waals surface area (Å²) in [6.45, 7) is 0. The Kier molecular flexibility index (Phi) is 2.50. The van der Waals surface area contributed by atoms with Crippen molar-refractivity contribution in [3.8, 4) is 0 Å². The van der Waals surface area contributed by atoms with Gasteiger partial charge in [-0.2, -0.15) is 0 Å². The van der Waals surface area contributed by atoms with E-state index in [9.17, 15) is 9.59 Å². The lowest BCUT2D eigenvalue weighted by Gasteiger charge is -2.03. The zero-order valence-corrected chi connectivity index (χ0v) is 10.1. The number of carboxylic acids is 1. The summed E-state index contributed by atoms with van der Waals surface area (Å²) < 4.78 is 5.27. The topological polar surface area (TPSA) is 80.4 Å². The summed E-state index contributed by atoms with van der Waals surface area (Å²) in [5.74, 6) is -1.71. The van der Waals surface area contributed by atoms with Crippen LogP contribution < -0.4 is 5.43 Å². The number of rotatable bonds is 1. The largest absolute Gasteiger partial charge is 0.475 e. The number of benzene rings is 1. The molecule has 94 valence electrons. The number of halogens is 1. The summed E-state index contributed by atoms with van der Waals surface area (Å²) in [6.07, 6.45) is 1.36. The van der Waals surface area contributed by atoms with Gasteiger partial charge in [-0.3, -0.25) is 9.78 Å². The maximum Gasteiger partial charge on any atom is 0.371 e. The molecule has 2 aromatic heterocycles. The average Bonchev–Trinajstić information content (AvgIpc) is 2.38. The van der Waals surface area contributed by atoms with Gasteiger partial charge in [-0.15, -0.1) is 0 Å². The first-order valence-electron chi connectivity index (χ1n) is 5.31. The molecular formula is C13H6ClNO4. The highest BCUT2D eigenvalue weighted by molar-refractivity contribution is 6.31. The number of nitrogens with zero attached hydrogens (tertiary/aromatic N) is 1. The summed E-state index contributed by atoms with van der Waals surface area (Å²) in [7, 11) is 0. The van der Waals surface area contributed by atoms with E-state index < -0.39 is 17.2 Å². The number of hydrogen-bond acceptors (Lipinski definition) is 4. The van der Waals surface area contributed by atoms with Gasteiger partial charge in [0.25, 0.3) is 0 Å². The Hall–Kier alpha value is -2.40. The Labute approximate surface area is 111 Å². The van der Waals surface area contributed by atoms with Gasteiger partial charge in [-0.25, -0.2) is 4.79 Å². The van der Waals surface area contributed by atoms with E-state index in [1.165, 1.54) is 6.20 Å². The molecule has 0 aliphatic rings. The molecule has 6 heteroatoms. The van der Waals surface area contributed by atoms with Crippen molar-refractivity contribution in [2.75, 3.05) is 0 Å². The number of carbonyl (C=O) groups is 1. The van der Waals surface area contributed by atoms with E-state index in [0.29, 0.717) is 15.9 Å². The first-order chi connectivity index (χ1) is 9.06. The molecular weight excluding hydrogens is 270 g/mol. The lowest BCUT2D eigenvalue weighted by atomic mass is 10.1. The van der Waals surface area contributed by atoms with Crippen LogP contribution in [-0.4, -0.2) is 16.1 Å². The highest BCUT2D eigenvalue weighted by Gasteiger charge is 2.13. The second kappa shape index (κ2) is 4.07. The molecule has 0 bridgehead atoms. The van der Waals surface area contributed by atoms with Crippen LogP contribution in [0.2, 0.25) is 5.02 Å². The van der Waals surface area contributed by atoms with Crippen LogP contribution in [0.25, 0.3) is 21.9 Å². The molecule has 1 N–H and O–H groups in total. The summed E-state index contributed by atoms with van der Waals surface area (Å²) >= 11 is 5.90. The zero-order chi connectivity index (χ0) is 13.6. The average molecular weight is 276 g/mol. The van der Waals surface area contributed by atoms with Crippen LogP contribution in [0.5, 0.6) is 0 Å². The predicted octanol–water partition coefficient (Wildman–Crippen LogP) is 2.69. The molecule has 0 spiro atoms. The molecule has 1 aromatic carbocycles. The van der Waals surface area contributed by atoms with Gasteiger partial charge >= 0.3 is 5.97 Å². The van der Waals surface area contributed by atoms with E-state index in [4.69, 9.17) is 21.1 Å². The van der Waals surface area contributed by atoms with E-state index >= 15 is 0 Å². The molecule has 0 atom stereocenters. The van der Waals surface area contributed by atoms with Crippen LogP contribution in [0.15, 0.2) is 39.7 Å². The first-order valence-corrected chi connectivity index (χ1v) is 5.69. The number of carboxylic acid groups (broad SMARTS) is 1. The maximum absolute atomic E-state index is 11.8. The molecule has 0 aliphatic heterocycles. The summed E-state index contributed by atoms with van der Waals surface area (Å²) in [5, 5.41) is 10.1. The molecule has 2 heterocycles. The number of aromatic nitrogens is 1. The Morgan fingerprint density at radius 1 is 1.26 bits per heavy atom. The number of aromatic carboxylic acids is 1. The van der Waals surface area contributed by atoms with Crippen molar-refractivity contribution in [3.05, 3.63) is 51.5 Å². The molecule has 5 nitrogen and oxygen atoms in total. The van der Waals surface area contributed by atoms with Crippen molar-refractivity contribution in [3.63, 3.8) is 0 Å². The highest BCUT2D eigenvalue weighted by Crippen LogP contribution is 2.25. The van der Waals surface area contributed by atoms with Crippen molar-refractivity contribution in [1.29, 1.82) is 0 Å². The van der Waals surface area contributed by atoms with Gasteiger partial charge in [0.2, 0.25) is 5.76 Å². The number of fused-ring (bicyclic) bond motifs is 3. The maximum atomic E-state index is 11.8. The fourth-order valence-corrected chi connectivity index (χ4v) is 2.04. The van der Waals surface area contributed by atoms with Gasteiger partial charge in [0.1, 0.15) is 5.58 Å². The number of pyridine rings is 1. The van der Waals surface area contributed by atoms with E-state index in [0.717, 1.165) is 6.07 Å². The zero-order valence-electron chi connectivity index (χ0n) is 9.38. The van der Waals surface area contributed by atoms with E-state index in [1.54, 1.807) is 18.2 Å². The van der Waals surface area contributed by atoms with Crippen LogP contribution in [0.4, 0.5) is 0 Å². The van der Waals surface area contributed by atoms with Gasteiger partial charge in [-0.05, 0) is 18.2 Å². The molecule has 0 radical (unpaired) electrons. The Bertz CT molecular complexity index is 885. The predicted molar refractivity (Wildman–Crippen MR) is 69.8 cm³/mol. The normalized spacial score (nSPS) is 11.0. The summed E-state index contributed by atoms with van der Waals surface area (Å²) in [4.78, 5) is 26.9. The van der Waals surface area contributed by atoms with Crippen molar-refractivity contribution in [1.82, 2.24) is 4.98 Å². The van der Waals surface area contributed by atoms with E-state index in [1.807, 2.05) is 0 Å². The second-order valence-corrected chi connectivity index (χ2v) is 4.38. The lowest BCUT2D eigenvalue weighted by molar-refractivity contribution is 0.0663. The van der Waals surface area contributed by atoms with Crippen LogP contribution in [-0.2, 0) is 0 Å². The monoisotopic (exact) mass is 275 g/mol. The fraction of sp³-hybridized carbons (Fsp3) is 0. The van der Waals surface area contributed by atoms with Crippen LogP contribution in [0.1, 0.15) is 10.6 Å². The summed E-state index contributed by atoms with van der Waals surface area (Å²) in [5.41, 5.74) is 0.299. The standard InChI is InChI=1S/C13H6ClNO4/c14-6-1-2-9-7(3-6)12-8(5-15-9)10(16)4-11(19-12)13(17)18/h1-5H,(H,17,18). The van der Waals surface area contributed by atoms with Crippen LogP contribution in [0.3, 0.4) is 0 Å². The van der Waals surface area contributed by atoms with Crippen LogP contribution >= 0.6 is 11.6 Å². The highest BCUT2D eigenvalue weighted by atomic mass is 35.5. The minimum atomic E-state index is -1.30. The Morgan fingerprint density at radius 2 is 2.05 bits per heavy atom. The molecule has 0 fully saturated rings. The Morgan fingerprint density at radius 3 is 2.79 bits per heavy atom. The minimum absolute atomic E-state index is 0.178.